The fourth-order valence-electron chi connectivity index (χ4n) is 0.987. The molecule has 0 aliphatic rings. The van der Waals surface area contributed by atoms with E-state index in [9.17, 15) is 4.79 Å². The van der Waals surface area contributed by atoms with E-state index in [4.69, 9.17) is 10.9 Å². The van der Waals surface area contributed by atoms with Crippen LogP contribution in [0.25, 0.3) is 6.08 Å². The van der Waals surface area contributed by atoms with Gasteiger partial charge in [-0.2, -0.15) is 0 Å². The molecular formula is C9H9IN2O2. The van der Waals surface area contributed by atoms with Crippen molar-refractivity contribution in [2.75, 3.05) is 5.43 Å². The standard InChI is InChI=1S/C9H9IN2O2/c10-7-2-1-3-8(12-11)6(7)4-5-9(13)14/h1-5,12H,11H2,(H,13,14)/b5-4+. The van der Waals surface area contributed by atoms with E-state index in [2.05, 4.69) is 28.0 Å². The fourth-order valence-corrected chi connectivity index (χ4v) is 1.66. The summed E-state index contributed by atoms with van der Waals surface area (Å²) >= 11 is 2.12. The lowest BCUT2D eigenvalue weighted by Crippen LogP contribution is -2.08. The number of nitrogens with two attached hydrogens (primary N) is 1. The minimum absolute atomic E-state index is 0.703. The molecule has 1 rings (SSSR count). The van der Waals surface area contributed by atoms with Crippen molar-refractivity contribution in [3.8, 4) is 0 Å². The van der Waals surface area contributed by atoms with Gasteiger partial charge in [0.05, 0.1) is 5.69 Å². The number of nitrogens with one attached hydrogen (secondary N) is 1. The lowest BCUT2D eigenvalue weighted by atomic mass is 10.1. The van der Waals surface area contributed by atoms with Gasteiger partial charge in [0.15, 0.2) is 0 Å². The molecule has 0 saturated carbocycles. The van der Waals surface area contributed by atoms with Gasteiger partial charge in [-0.15, -0.1) is 0 Å². The van der Waals surface area contributed by atoms with E-state index in [0.29, 0.717) is 5.69 Å². The highest BCUT2D eigenvalue weighted by Crippen LogP contribution is 2.22. The lowest BCUT2D eigenvalue weighted by molar-refractivity contribution is -0.131. The van der Waals surface area contributed by atoms with Crippen LogP contribution in [-0.2, 0) is 4.79 Å². The number of nitrogen functional groups attached to an aromatic ring is 1. The van der Waals surface area contributed by atoms with Crippen molar-refractivity contribution in [1.29, 1.82) is 0 Å². The van der Waals surface area contributed by atoms with Crippen LogP contribution >= 0.6 is 22.6 Å². The van der Waals surface area contributed by atoms with E-state index in [1.165, 1.54) is 6.08 Å². The summed E-state index contributed by atoms with van der Waals surface area (Å²) < 4.78 is 0.940. The average molecular weight is 304 g/mol. The molecule has 5 heteroatoms. The molecule has 0 bridgehead atoms. The Morgan fingerprint density at radius 3 is 2.86 bits per heavy atom. The first-order valence-corrected chi connectivity index (χ1v) is 4.89. The number of carboxylic acids is 1. The zero-order chi connectivity index (χ0) is 10.6. The molecule has 0 spiro atoms. The van der Waals surface area contributed by atoms with Crippen LogP contribution in [0.2, 0.25) is 0 Å². The third-order valence-electron chi connectivity index (χ3n) is 1.60. The molecule has 0 amide bonds. The van der Waals surface area contributed by atoms with Crippen LogP contribution in [0.5, 0.6) is 0 Å². The van der Waals surface area contributed by atoms with Gasteiger partial charge in [0.1, 0.15) is 0 Å². The number of benzene rings is 1. The number of hydrogen-bond donors (Lipinski definition) is 3. The van der Waals surface area contributed by atoms with Crippen molar-refractivity contribution in [1.82, 2.24) is 0 Å². The molecule has 0 fully saturated rings. The zero-order valence-electron chi connectivity index (χ0n) is 7.20. The number of carboxylic acid groups (broad SMARTS) is 1. The molecule has 1 aromatic carbocycles. The van der Waals surface area contributed by atoms with E-state index in [-0.39, 0.29) is 0 Å². The van der Waals surface area contributed by atoms with Crippen molar-refractivity contribution in [3.63, 3.8) is 0 Å². The molecule has 0 aliphatic heterocycles. The van der Waals surface area contributed by atoms with Crippen molar-refractivity contribution >= 4 is 40.3 Å². The van der Waals surface area contributed by atoms with Gasteiger partial charge in [0, 0.05) is 15.2 Å². The quantitative estimate of drug-likeness (QED) is 0.344. The SMILES string of the molecule is NNc1cccc(I)c1/C=C/C(=O)O. The molecule has 0 saturated heterocycles. The van der Waals surface area contributed by atoms with E-state index in [1.54, 1.807) is 6.07 Å². The molecule has 0 heterocycles. The Labute approximate surface area is 94.9 Å². The van der Waals surface area contributed by atoms with Gasteiger partial charge in [-0.25, -0.2) is 4.79 Å². The molecule has 4 N–H and O–H groups in total. The Bertz CT molecular complexity index is 377. The summed E-state index contributed by atoms with van der Waals surface area (Å²) in [5.41, 5.74) is 3.99. The number of carbonyl (C=O) groups is 1. The highest BCUT2D eigenvalue weighted by atomic mass is 127. The molecule has 74 valence electrons. The maximum absolute atomic E-state index is 10.3. The van der Waals surface area contributed by atoms with Gasteiger partial charge < -0.3 is 10.5 Å². The second-order valence-corrected chi connectivity index (χ2v) is 3.68. The summed E-state index contributed by atoms with van der Waals surface area (Å²) in [6.45, 7) is 0. The van der Waals surface area contributed by atoms with Gasteiger partial charge in [-0.1, -0.05) is 6.07 Å². The fraction of sp³-hybridized carbons (Fsp3) is 0. The van der Waals surface area contributed by atoms with E-state index < -0.39 is 5.97 Å². The molecule has 14 heavy (non-hydrogen) atoms. The Morgan fingerprint density at radius 2 is 2.29 bits per heavy atom. The van der Waals surface area contributed by atoms with Crippen LogP contribution in [0, 0.1) is 3.57 Å². The minimum atomic E-state index is -0.979. The van der Waals surface area contributed by atoms with Crippen molar-refractivity contribution < 1.29 is 9.90 Å². The number of hydrogen-bond acceptors (Lipinski definition) is 3. The zero-order valence-corrected chi connectivity index (χ0v) is 9.36. The summed E-state index contributed by atoms with van der Waals surface area (Å²) in [5.74, 6) is 4.31. The largest absolute Gasteiger partial charge is 0.478 e. The Kier molecular flexibility index (Phi) is 3.90. The topological polar surface area (TPSA) is 75.3 Å². The maximum Gasteiger partial charge on any atom is 0.328 e. The molecule has 0 aliphatic carbocycles. The van der Waals surface area contributed by atoms with Crippen LogP contribution in [0.1, 0.15) is 5.56 Å². The second kappa shape index (κ2) is 4.97. The average Bonchev–Trinajstić information content (AvgIpc) is 2.15. The van der Waals surface area contributed by atoms with Crippen LogP contribution in [0.15, 0.2) is 24.3 Å². The molecular weight excluding hydrogens is 295 g/mol. The Balaban J connectivity index is 3.11. The van der Waals surface area contributed by atoms with Gasteiger partial charge in [0.25, 0.3) is 0 Å². The molecule has 1 aromatic rings. The molecule has 0 unspecified atom stereocenters. The number of rotatable bonds is 3. The van der Waals surface area contributed by atoms with Crippen molar-refractivity contribution in [3.05, 3.63) is 33.4 Å². The van der Waals surface area contributed by atoms with Crippen LogP contribution in [0.3, 0.4) is 0 Å². The third-order valence-corrected chi connectivity index (χ3v) is 2.54. The maximum atomic E-state index is 10.3. The number of anilines is 1. The first kappa shape index (κ1) is 11.0. The van der Waals surface area contributed by atoms with Gasteiger partial charge in [-0.3, -0.25) is 5.84 Å². The predicted molar refractivity (Wildman–Crippen MR) is 63.6 cm³/mol. The first-order valence-electron chi connectivity index (χ1n) is 3.81. The highest BCUT2D eigenvalue weighted by Gasteiger charge is 2.01. The highest BCUT2D eigenvalue weighted by molar-refractivity contribution is 14.1. The number of hydrazine groups is 1. The van der Waals surface area contributed by atoms with Crippen molar-refractivity contribution in [2.24, 2.45) is 5.84 Å². The summed E-state index contributed by atoms with van der Waals surface area (Å²) in [6.07, 6.45) is 2.59. The van der Waals surface area contributed by atoms with E-state index in [1.807, 2.05) is 12.1 Å². The number of halogens is 1. The molecule has 0 atom stereocenters. The summed E-state index contributed by atoms with van der Waals surface area (Å²) in [4.78, 5) is 10.3. The molecule has 4 nitrogen and oxygen atoms in total. The van der Waals surface area contributed by atoms with Crippen molar-refractivity contribution in [2.45, 2.75) is 0 Å². The van der Waals surface area contributed by atoms with Crippen LogP contribution < -0.4 is 11.3 Å². The smallest absolute Gasteiger partial charge is 0.328 e. The van der Waals surface area contributed by atoms with Gasteiger partial charge in [0.2, 0.25) is 0 Å². The third kappa shape index (κ3) is 2.71. The Morgan fingerprint density at radius 1 is 1.57 bits per heavy atom. The predicted octanol–water partition coefficient (Wildman–Crippen LogP) is 1.67. The van der Waals surface area contributed by atoms with Crippen LogP contribution in [0.4, 0.5) is 5.69 Å². The summed E-state index contributed by atoms with van der Waals surface area (Å²) in [5, 5.41) is 8.49. The van der Waals surface area contributed by atoms with Gasteiger partial charge >= 0.3 is 5.97 Å². The Hall–Kier alpha value is -1.08. The second-order valence-electron chi connectivity index (χ2n) is 2.52. The van der Waals surface area contributed by atoms with E-state index in [0.717, 1.165) is 15.2 Å². The monoisotopic (exact) mass is 304 g/mol. The first-order chi connectivity index (χ1) is 6.65. The molecule has 0 aromatic heterocycles. The van der Waals surface area contributed by atoms with Crippen LogP contribution in [-0.4, -0.2) is 11.1 Å². The summed E-state index contributed by atoms with van der Waals surface area (Å²) in [7, 11) is 0. The van der Waals surface area contributed by atoms with E-state index >= 15 is 0 Å². The lowest BCUT2D eigenvalue weighted by Gasteiger charge is -2.06. The molecule has 0 radical (unpaired) electrons. The minimum Gasteiger partial charge on any atom is -0.478 e. The summed E-state index contributed by atoms with van der Waals surface area (Å²) in [6, 6.07) is 5.50. The normalized spacial score (nSPS) is 10.4. The van der Waals surface area contributed by atoms with Gasteiger partial charge in [-0.05, 0) is 40.8 Å². The number of aliphatic carboxylic acids is 1.